The van der Waals surface area contributed by atoms with Crippen LogP contribution >= 0.6 is 11.8 Å². The molecule has 3 rings (SSSR count). The number of nitrogens with two attached hydrogens (primary N) is 1. The molecular weight excluding hydrogens is 258 g/mol. The zero-order valence-corrected chi connectivity index (χ0v) is 12.4. The van der Waals surface area contributed by atoms with Crippen molar-refractivity contribution >= 4 is 17.7 Å². The van der Waals surface area contributed by atoms with Crippen LogP contribution in [-0.4, -0.2) is 40.6 Å². The second-order valence-corrected chi connectivity index (χ2v) is 7.33. The molecule has 0 aromatic carbocycles. The van der Waals surface area contributed by atoms with Gasteiger partial charge in [0.25, 0.3) is 0 Å². The Morgan fingerprint density at radius 2 is 2.26 bits per heavy atom. The Bertz CT molecular complexity index is 418. The Hall–Kier alpha value is -0.750. The van der Waals surface area contributed by atoms with E-state index < -0.39 is 0 Å². The molecular formula is C13H23N5S. The lowest BCUT2D eigenvalue weighted by Gasteiger charge is -2.38. The van der Waals surface area contributed by atoms with E-state index in [-0.39, 0.29) is 0 Å². The van der Waals surface area contributed by atoms with Crippen LogP contribution in [0.5, 0.6) is 0 Å². The van der Waals surface area contributed by atoms with Gasteiger partial charge in [-0.3, -0.25) is 5.10 Å². The highest BCUT2D eigenvalue weighted by atomic mass is 32.2. The third kappa shape index (κ3) is 2.74. The highest BCUT2D eigenvalue weighted by Crippen LogP contribution is 2.38. The second-order valence-electron chi connectivity index (χ2n) is 6.02. The minimum Gasteiger partial charge on any atom is -0.340 e. The predicted molar refractivity (Wildman–Crippen MR) is 79.4 cm³/mol. The number of anilines is 1. The minimum atomic E-state index is 0.303. The number of aromatic amines is 1. The first-order valence-corrected chi connectivity index (χ1v) is 8.24. The van der Waals surface area contributed by atoms with E-state index in [0.717, 1.165) is 44.2 Å². The number of thioether (sulfide) groups is 1. The van der Waals surface area contributed by atoms with Crippen molar-refractivity contribution in [1.29, 1.82) is 0 Å². The summed E-state index contributed by atoms with van der Waals surface area (Å²) in [4.78, 5) is 6.99. The van der Waals surface area contributed by atoms with E-state index in [9.17, 15) is 0 Å². The number of hydrogen-bond donors (Lipinski definition) is 2. The normalized spacial score (nSPS) is 26.8. The van der Waals surface area contributed by atoms with Gasteiger partial charge < -0.3 is 10.6 Å². The van der Waals surface area contributed by atoms with Gasteiger partial charge in [0.15, 0.2) is 0 Å². The summed E-state index contributed by atoms with van der Waals surface area (Å²) >= 11 is 1.99. The van der Waals surface area contributed by atoms with Gasteiger partial charge in [-0.25, -0.2) is 0 Å². The number of nitrogens with zero attached hydrogens (tertiary/aromatic N) is 3. The maximum absolute atomic E-state index is 5.85. The number of H-pyrrole nitrogens is 1. The van der Waals surface area contributed by atoms with Crippen LogP contribution in [-0.2, 0) is 0 Å². The molecule has 2 saturated heterocycles. The van der Waals surface area contributed by atoms with Gasteiger partial charge in [-0.2, -0.15) is 16.7 Å². The van der Waals surface area contributed by atoms with E-state index in [1.807, 2.05) is 11.8 Å². The number of aromatic nitrogens is 3. The second kappa shape index (κ2) is 5.32. The SMILES string of the molecule is CC1(CN)CCN(c2n[nH]c(C3CCCS3)n2)CC1. The lowest BCUT2D eigenvalue weighted by molar-refractivity contribution is 0.257. The lowest BCUT2D eigenvalue weighted by atomic mass is 9.81. The van der Waals surface area contributed by atoms with Crippen LogP contribution in [0.25, 0.3) is 0 Å². The van der Waals surface area contributed by atoms with E-state index >= 15 is 0 Å². The summed E-state index contributed by atoms with van der Waals surface area (Å²) in [6.45, 7) is 5.09. The molecule has 1 atom stereocenters. The summed E-state index contributed by atoms with van der Waals surface area (Å²) in [6.07, 6.45) is 4.78. The summed E-state index contributed by atoms with van der Waals surface area (Å²) in [5.74, 6) is 3.19. The molecule has 3 heterocycles. The lowest BCUT2D eigenvalue weighted by Crippen LogP contribution is -2.42. The van der Waals surface area contributed by atoms with Crippen molar-refractivity contribution in [2.75, 3.05) is 30.3 Å². The molecule has 0 saturated carbocycles. The highest BCUT2D eigenvalue weighted by Gasteiger charge is 2.30. The van der Waals surface area contributed by atoms with Crippen LogP contribution in [0.4, 0.5) is 5.95 Å². The average Bonchev–Trinajstić information content (AvgIpc) is 3.10. The molecule has 2 aliphatic rings. The zero-order chi connectivity index (χ0) is 13.3. The molecule has 1 aromatic heterocycles. The zero-order valence-electron chi connectivity index (χ0n) is 11.6. The average molecular weight is 281 g/mol. The summed E-state index contributed by atoms with van der Waals surface area (Å²) < 4.78 is 0. The number of hydrogen-bond acceptors (Lipinski definition) is 5. The third-order valence-corrected chi connectivity index (χ3v) is 5.86. The van der Waals surface area contributed by atoms with Crippen molar-refractivity contribution in [2.45, 2.75) is 37.9 Å². The van der Waals surface area contributed by atoms with Crippen molar-refractivity contribution in [3.8, 4) is 0 Å². The Kier molecular flexibility index (Phi) is 3.71. The van der Waals surface area contributed by atoms with Gasteiger partial charge in [-0.1, -0.05) is 6.92 Å². The van der Waals surface area contributed by atoms with E-state index in [4.69, 9.17) is 10.7 Å². The van der Waals surface area contributed by atoms with Gasteiger partial charge in [0.1, 0.15) is 5.82 Å². The first-order valence-electron chi connectivity index (χ1n) is 7.19. The fourth-order valence-corrected chi connectivity index (χ4v) is 4.01. The van der Waals surface area contributed by atoms with Gasteiger partial charge in [0, 0.05) is 13.1 Å². The van der Waals surface area contributed by atoms with Crippen LogP contribution in [0.3, 0.4) is 0 Å². The molecule has 0 radical (unpaired) electrons. The van der Waals surface area contributed by atoms with Crippen LogP contribution in [0.15, 0.2) is 0 Å². The summed E-state index contributed by atoms with van der Waals surface area (Å²) in [5, 5.41) is 8.06. The Balaban J connectivity index is 1.64. The van der Waals surface area contributed by atoms with Crippen molar-refractivity contribution in [2.24, 2.45) is 11.1 Å². The molecule has 0 aliphatic carbocycles. The fourth-order valence-electron chi connectivity index (χ4n) is 2.79. The predicted octanol–water partition coefficient (Wildman–Crippen LogP) is 1.94. The number of nitrogens with one attached hydrogen (secondary N) is 1. The number of piperidine rings is 1. The molecule has 19 heavy (non-hydrogen) atoms. The topological polar surface area (TPSA) is 70.8 Å². The molecule has 106 valence electrons. The van der Waals surface area contributed by atoms with Crippen LogP contribution in [0, 0.1) is 5.41 Å². The van der Waals surface area contributed by atoms with Crippen LogP contribution in [0.2, 0.25) is 0 Å². The summed E-state index contributed by atoms with van der Waals surface area (Å²) in [7, 11) is 0. The van der Waals surface area contributed by atoms with E-state index in [1.165, 1.54) is 18.6 Å². The van der Waals surface area contributed by atoms with E-state index in [2.05, 4.69) is 22.0 Å². The first-order chi connectivity index (χ1) is 9.20. The quantitative estimate of drug-likeness (QED) is 0.886. The summed E-state index contributed by atoms with van der Waals surface area (Å²) in [6, 6.07) is 0. The molecule has 1 aromatic rings. The smallest absolute Gasteiger partial charge is 0.244 e. The maximum Gasteiger partial charge on any atom is 0.244 e. The highest BCUT2D eigenvalue weighted by molar-refractivity contribution is 7.99. The van der Waals surface area contributed by atoms with E-state index in [0.29, 0.717) is 10.7 Å². The first kappa shape index (κ1) is 13.2. The monoisotopic (exact) mass is 281 g/mol. The van der Waals surface area contributed by atoms with Gasteiger partial charge in [-0.05, 0) is 43.4 Å². The Morgan fingerprint density at radius 3 is 2.89 bits per heavy atom. The molecule has 0 spiro atoms. The molecule has 5 nitrogen and oxygen atoms in total. The third-order valence-electron chi connectivity index (χ3n) is 4.47. The molecule has 0 bridgehead atoms. The van der Waals surface area contributed by atoms with Gasteiger partial charge in [-0.15, -0.1) is 5.10 Å². The Labute approximate surface area is 118 Å². The van der Waals surface area contributed by atoms with Crippen molar-refractivity contribution in [1.82, 2.24) is 15.2 Å². The molecule has 6 heteroatoms. The van der Waals surface area contributed by atoms with Crippen LogP contribution < -0.4 is 10.6 Å². The maximum atomic E-state index is 5.85. The Morgan fingerprint density at radius 1 is 1.47 bits per heavy atom. The molecule has 3 N–H and O–H groups in total. The van der Waals surface area contributed by atoms with Gasteiger partial charge >= 0.3 is 0 Å². The molecule has 2 fully saturated rings. The number of rotatable bonds is 3. The van der Waals surface area contributed by atoms with Crippen molar-refractivity contribution in [3.63, 3.8) is 0 Å². The minimum absolute atomic E-state index is 0.303. The fraction of sp³-hybridized carbons (Fsp3) is 0.846. The van der Waals surface area contributed by atoms with Crippen LogP contribution in [0.1, 0.15) is 43.7 Å². The van der Waals surface area contributed by atoms with E-state index in [1.54, 1.807) is 0 Å². The van der Waals surface area contributed by atoms with Gasteiger partial charge in [0.2, 0.25) is 5.95 Å². The largest absolute Gasteiger partial charge is 0.340 e. The standard InChI is InChI=1S/C13H23N5S/c1-13(9-14)4-6-18(7-5-13)12-15-11(16-17-12)10-3-2-8-19-10/h10H,2-9,14H2,1H3,(H,15,16,17). The molecule has 0 amide bonds. The summed E-state index contributed by atoms with van der Waals surface area (Å²) in [5.41, 5.74) is 6.15. The van der Waals surface area contributed by atoms with Crippen molar-refractivity contribution < 1.29 is 0 Å². The van der Waals surface area contributed by atoms with Crippen molar-refractivity contribution in [3.05, 3.63) is 5.82 Å². The molecule has 2 aliphatic heterocycles. The molecule has 1 unspecified atom stereocenters. The van der Waals surface area contributed by atoms with Gasteiger partial charge in [0.05, 0.1) is 5.25 Å².